The van der Waals surface area contributed by atoms with E-state index in [0.29, 0.717) is 16.4 Å². The average Bonchev–Trinajstić information content (AvgIpc) is 2.87. The highest BCUT2D eigenvalue weighted by atomic mass is 35.5. The summed E-state index contributed by atoms with van der Waals surface area (Å²) in [6.45, 7) is 4.21. The number of benzene rings is 1. The summed E-state index contributed by atoms with van der Waals surface area (Å²) in [6, 6.07) is 7.44. The van der Waals surface area contributed by atoms with Gasteiger partial charge in [0.05, 0.1) is 5.69 Å². The highest BCUT2D eigenvalue weighted by Crippen LogP contribution is 2.29. The first-order chi connectivity index (χ1) is 9.93. The molecule has 6 heteroatoms. The van der Waals surface area contributed by atoms with Crippen LogP contribution in [-0.2, 0) is 0 Å². The van der Waals surface area contributed by atoms with E-state index in [0.717, 1.165) is 16.3 Å². The van der Waals surface area contributed by atoms with Crippen molar-refractivity contribution >= 4 is 28.8 Å². The Morgan fingerprint density at radius 3 is 2.62 bits per heavy atom. The number of likely N-dealkylation sites (N-methyl/N-ethyl adjacent to an activating group) is 1. The maximum atomic E-state index is 12.5. The number of hydrogen-bond donors (Lipinski definition) is 1. The molecule has 4 nitrogen and oxygen atoms in total. The topological polar surface area (TPSA) is 59.2 Å². The highest BCUT2D eigenvalue weighted by molar-refractivity contribution is 7.17. The van der Waals surface area contributed by atoms with Gasteiger partial charge in [-0.1, -0.05) is 23.7 Å². The Bertz CT molecular complexity index is 639. The van der Waals surface area contributed by atoms with E-state index in [9.17, 15) is 4.79 Å². The van der Waals surface area contributed by atoms with Crippen molar-refractivity contribution in [3.05, 3.63) is 39.9 Å². The molecule has 1 atom stereocenters. The van der Waals surface area contributed by atoms with Crippen LogP contribution >= 0.6 is 22.9 Å². The molecule has 1 aromatic heterocycles. The minimum Gasteiger partial charge on any atom is -0.337 e. The highest BCUT2D eigenvalue weighted by Gasteiger charge is 2.22. The number of amides is 1. The van der Waals surface area contributed by atoms with Crippen LogP contribution in [0.2, 0.25) is 5.02 Å². The number of halogens is 1. The van der Waals surface area contributed by atoms with Gasteiger partial charge in [-0.3, -0.25) is 4.79 Å². The SMILES string of the molecule is Cc1nc(-c2ccc(Cl)cc2)sc1C(=O)N(C)C(C)CN. The summed E-state index contributed by atoms with van der Waals surface area (Å²) in [7, 11) is 1.76. The molecule has 1 amide bonds. The molecule has 112 valence electrons. The van der Waals surface area contributed by atoms with Gasteiger partial charge in [0.15, 0.2) is 0 Å². The lowest BCUT2D eigenvalue weighted by atomic mass is 10.2. The molecule has 0 aliphatic carbocycles. The van der Waals surface area contributed by atoms with Gasteiger partial charge in [0.25, 0.3) is 5.91 Å². The summed E-state index contributed by atoms with van der Waals surface area (Å²) < 4.78 is 0. The largest absolute Gasteiger partial charge is 0.337 e. The van der Waals surface area contributed by atoms with Crippen LogP contribution in [0.4, 0.5) is 0 Å². The second-order valence-electron chi connectivity index (χ2n) is 4.94. The van der Waals surface area contributed by atoms with Gasteiger partial charge in [-0.15, -0.1) is 11.3 Å². The number of thiazole rings is 1. The zero-order chi connectivity index (χ0) is 15.6. The van der Waals surface area contributed by atoms with Gasteiger partial charge >= 0.3 is 0 Å². The van der Waals surface area contributed by atoms with Crippen LogP contribution in [0.15, 0.2) is 24.3 Å². The number of rotatable bonds is 4. The average molecular weight is 324 g/mol. The number of nitrogens with two attached hydrogens (primary N) is 1. The van der Waals surface area contributed by atoms with Crippen molar-refractivity contribution < 1.29 is 4.79 Å². The van der Waals surface area contributed by atoms with Gasteiger partial charge in [0.2, 0.25) is 0 Å². The van der Waals surface area contributed by atoms with Crippen molar-refractivity contribution in [1.29, 1.82) is 0 Å². The number of carbonyl (C=O) groups is 1. The summed E-state index contributed by atoms with van der Waals surface area (Å²) in [5, 5.41) is 1.50. The van der Waals surface area contributed by atoms with Crippen molar-refractivity contribution in [1.82, 2.24) is 9.88 Å². The van der Waals surface area contributed by atoms with Gasteiger partial charge in [-0.25, -0.2) is 4.98 Å². The molecule has 2 rings (SSSR count). The van der Waals surface area contributed by atoms with Crippen molar-refractivity contribution in [2.75, 3.05) is 13.6 Å². The van der Waals surface area contributed by atoms with E-state index in [-0.39, 0.29) is 11.9 Å². The number of hydrogen-bond acceptors (Lipinski definition) is 4. The summed E-state index contributed by atoms with van der Waals surface area (Å²) in [5.41, 5.74) is 7.32. The fourth-order valence-corrected chi connectivity index (χ4v) is 3.01. The van der Waals surface area contributed by atoms with Crippen LogP contribution in [-0.4, -0.2) is 35.4 Å². The number of carbonyl (C=O) groups excluding carboxylic acids is 1. The molecule has 0 fully saturated rings. The molecule has 2 aromatic rings. The van der Waals surface area contributed by atoms with Crippen LogP contribution in [0.1, 0.15) is 22.3 Å². The molecular formula is C15H18ClN3OS. The molecule has 0 saturated heterocycles. The van der Waals surface area contributed by atoms with E-state index >= 15 is 0 Å². The van der Waals surface area contributed by atoms with E-state index in [1.54, 1.807) is 11.9 Å². The third kappa shape index (κ3) is 3.43. The van der Waals surface area contributed by atoms with Crippen LogP contribution < -0.4 is 5.73 Å². The Balaban J connectivity index is 2.31. The summed E-state index contributed by atoms with van der Waals surface area (Å²) in [4.78, 5) is 19.3. The van der Waals surface area contributed by atoms with Gasteiger partial charge in [-0.2, -0.15) is 0 Å². The maximum Gasteiger partial charge on any atom is 0.265 e. The molecule has 0 bridgehead atoms. The standard InChI is InChI=1S/C15H18ClN3OS/c1-9(8-17)19(3)15(20)13-10(2)18-14(21-13)11-4-6-12(16)7-5-11/h4-7,9H,8,17H2,1-3H3. The van der Waals surface area contributed by atoms with Crippen LogP contribution in [0.3, 0.4) is 0 Å². The molecule has 0 spiro atoms. The quantitative estimate of drug-likeness (QED) is 0.940. The van der Waals surface area contributed by atoms with Crippen molar-refractivity contribution in [2.24, 2.45) is 5.73 Å². The van der Waals surface area contributed by atoms with Gasteiger partial charge in [0, 0.05) is 30.2 Å². The second kappa shape index (κ2) is 6.56. The van der Waals surface area contributed by atoms with Gasteiger partial charge in [-0.05, 0) is 26.0 Å². The molecule has 1 unspecified atom stereocenters. The normalized spacial score (nSPS) is 12.2. The maximum absolute atomic E-state index is 12.5. The molecule has 21 heavy (non-hydrogen) atoms. The Labute approximate surface area is 133 Å². The van der Waals surface area contributed by atoms with Crippen molar-refractivity contribution in [3.63, 3.8) is 0 Å². The number of aryl methyl sites for hydroxylation is 1. The Morgan fingerprint density at radius 1 is 1.43 bits per heavy atom. The van der Waals surface area contributed by atoms with E-state index in [4.69, 9.17) is 17.3 Å². The van der Waals surface area contributed by atoms with Crippen LogP contribution in [0.5, 0.6) is 0 Å². The molecule has 0 aliphatic heterocycles. The first kappa shape index (κ1) is 15.9. The summed E-state index contributed by atoms with van der Waals surface area (Å²) in [6.07, 6.45) is 0. The molecule has 2 N–H and O–H groups in total. The predicted molar refractivity (Wildman–Crippen MR) is 87.9 cm³/mol. The zero-order valence-electron chi connectivity index (χ0n) is 12.3. The van der Waals surface area contributed by atoms with Crippen molar-refractivity contribution in [3.8, 4) is 10.6 Å². The minimum atomic E-state index is -0.0387. The lowest BCUT2D eigenvalue weighted by Crippen LogP contribution is -2.39. The Morgan fingerprint density at radius 2 is 2.05 bits per heavy atom. The predicted octanol–water partition coefficient (Wildman–Crippen LogP) is 3.19. The lowest BCUT2D eigenvalue weighted by molar-refractivity contribution is 0.0752. The van der Waals surface area contributed by atoms with E-state index in [1.807, 2.05) is 38.1 Å². The third-order valence-electron chi connectivity index (χ3n) is 3.40. The summed E-state index contributed by atoms with van der Waals surface area (Å²) >= 11 is 7.29. The van der Waals surface area contributed by atoms with E-state index < -0.39 is 0 Å². The monoisotopic (exact) mass is 323 g/mol. The van der Waals surface area contributed by atoms with E-state index in [2.05, 4.69) is 4.98 Å². The fraction of sp³-hybridized carbons (Fsp3) is 0.333. The summed E-state index contributed by atoms with van der Waals surface area (Å²) in [5.74, 6) is -0.0387. The Hall–Kier alpha value is -1.43. The molecular weight excluding hydrogens is 306 g/mol. The third-order valence-corrected chi connectivity index (χ3v) is 4.85. The molecule has 0 aliphatic rings. The minimum absolute atomic E-state index is 0.00187. The first-order valence-electron chi connectivity index (χ1n) is 6.64. The van der Waals surface area contributed by atoms with Crippen molar-refractivity contribution in [2.45, 2.75) is 19.9 Å². The number of aromatic nitrogens is 1. The van der Waals surface area contributed by atoms with Crippen LogP contribution in [0, 0.1) is 6.92 Å². The fourth-order valence-electron chi connectivity index (χ4n) is 1.83. The smallest absolute Gasteiger partial charge is 0.265 e. The Kier molecular flexibility index (Phi) is 4.98. The molecule has 1 heterocycles. The molecule has 0 radical (unpaired) electrons. The van der Waals surface area contributed by atoms with Crippen LogP contribution in [0.25, 0.3) is 10.6 Å². The number of nitrogens with zero attached hydrogens (tertiary/aromatic N) is 2. The molecule has 0 saturated carbocycles. The first-order valence-corrected chi connectivity index (χ1v) is 7.84. The second-order valence-corrected chi connectivity index (χ2v) is 6.38. The van der Waals surface area contributed by atoms with Gasteiger partial charge in [0.1, 0.15) is 9.88 Å². The lowest BCUT2D eigenvalue weighted by Gasteiger charge is -2.23. The molecule has 1 aromatic carbocycles. The zero-order valence-corrected chi connectivity index (χ0v) is 13.8. The van der Waals surface area contributed by atoms with E-state index in [1.165, 1.54) is 11.3 Å². The van der Waals surface area contributed by atoms with Gasteiger partial charge < -0.3 is 10.6 Å².